The summed E-state index contributed by atoms with van der Waals surface area (Å²) in [5, 5.41) is 0. The number of Topliss-reactive ketones (excluding diaryl/α,β-unsaturated/α-hetero) is 1. The van der Waals surface area contributed by atoms with Crippen LogP contribution in [-0.2, 0) is 22.2 Å². The fourth-order valence-electron chi connectivity index (χ4n) is 0. The Morgan fingerprint density at radius 3 is 1.40 bits per heavy atom. The molecule has 0 spiro atoms. The van der Waals surface area contributed by atoms with Gasteiger partial charge >= 0.3 is 0 Å². The van der Waals surface area contributed by atoms with E-state index in [1.165, 1.54) is 13.8 Å². The van der Waals surface area contributed by atoms with Gasteiger partial charge in [-0.25, -0.2) is 0 Å². The van der Waals surface area contributed by atoms with Gasteiger partial charge in [0.05, 0.1) is 0 Å². The zero-order valence-electron chi connectivity index (χ0n) is 3.32. The Morgan fingerprint density at radius 1 is 1.40 bits per heavy atom. The van der Waals surface area contributed by atoms with Gasteiger partial charge < -0.3 is 4.79 Å². The molecule has 0 radical (unpaired) electrons. The van der Waals surface area contributed by atoms with Crippen LogP contribution in [-0.4, -0.2) is 5.78 Å². The van der Waals surface area contributed by atoms with Gasteiger partial charge in [-0.15, -0.1) is 0 Å². The second-order valence-electron chi connectivity index (χ2n) is 0.908. The molecule has 0 bridgehead atoms. The van der Waals surface area contributed by atoms with E-state index in [0.717, 1.165) is 0 Å². The van der Waals surface area contributed by atoms with Crippen LogP contribution in [0.15, 0.2) is 0 Å². The maximum absolute atomic E-state index is 9.44. The minimum Gasteiger partial charge on any atom is -0.300 e. The first-order valence-corrected chi connectivity index (χ1v) is 1.20. The SMILES string of the molecule is CC(C)=O.[Cr]. The van der Waals surface area contributed by atoms with Crippen molar-refractivity contribution in [3.8, 4) is 0 Å². The van der Waals surface area contributed by atoms with E-state index in [1.54, 1.807) is 0 Å². The van der Waals surface area contributed by atoms with Crippen molar-refractivity contribution in [1.82, 2.24) is 0 Å². The van der Waals surface area contributed by atoms with Crippen LogP contribution in [0.2, 0.25) is 0 Å². The fraction of sp³-hybridized carbons (Fsp3) is 0.667. The number of hydrogen-bond acceptors (Lipinski definition) is 1. The number of ketones is 1. The van der Waals surface area contributed by atoms with Gasteiger partial charge in [-0.05, 0) is 13.8 Å². The quantitative estimate of drug-likeness (QED) is 0.446. The molecule has 0 aliphatic carbocycles. The smallest absolute Gasteiger partial charge is 0.126 e. The van der Waals surface area contributed by atoms with Gasteiger partial charge in [0.1, 0.15) is 5.78 Å². The first kappa shape index (κ1) is 8.96. The Balaban J connectivity index is 0. The van der Waals surface area contributed by atoms with Crippen LogP contribution in [0.1, 0.15) is 13.8 Å². The van der Waals surface area contributed by atoms with E-state index in [1.807, 2.05) is 0 Å². The zero-order chi connectivity index (χ0) is 3.58. The van der Waals surface area contributed by atoms with Crippen molar-refractivity contribution in [3.05, 3.63) is 0 Å². The van der Waals surface area contributed by atoms with Crippen LogP contribution in [0.5, 0.6) is 0 Å². The van der Waals surface area contributed by atoms with E-state index in [9.17, 15) is 4.79 Å². The molecule has 0 rings (SSSR count). The van der Waals surface area contributed by atoms with Crippen LogP contribution in [0.25, 0.3) is 0 Å². The van der Waals surface area contributed by atoms with E-state index in [2.05, 4.69) is 0 Å². The molecule has 0 heterocycles. The van der Waals surface area contributed by atoms with Gasteiger partial charge in [0.25, 0.3) is 0 Å². The van der Waals surface area contributed by atoms with Crippen molar-refractivity contribution in [2.45, 2.75) is 13.8 Å². The largest absolute Gasteiger partial charge is 0.300 e. The molecule has 0 aliphatic rings. The molecule has 0 saturated heterocycles. The minimum atomic E-state index is 0. The molecule has 2 heteroatoms. The van der Waals surface area contributed by atoms with Crippen molar-refractivity contribution >= 4 is 5.78 Å². The Bertz CT molecular complexity index is 29.9. The molecule has 30 valence electrons. The molecular weight excluding hydrogens is 104 g/mol. The van der Waals surface area contributed by atoms with Gasteiger partial charge in [-0.1, -0.05) is 0 Å². The first-order chi connectivity index (χ1) is 1.73. The summed E-state index contributed by atoms with van der Waals surface area (Å²) in [6, 6.07) is 0. The molecule has 0 fully saturated rings. The Kier molecular flexibility index (Phi) is 7.53. The second kappa shape index (κ2) is 4.20. The van der Waals surface area contributed by atoms with Crippen LogP contribution in [0.4, 0.5) is 0 Å². The molecule has 5 heavy (non-hydrogen) atoms. The number of carbonyl (C=O) groups excluding carboxylic acids is 1. The first-order valence-electron chi connectivity index (χ1n) is 1.20. The zero-order valence-corrected chi connectivity index (χ0v) is 4.59. The van der Waals surface area contributed by atoms with Crippen molar-refractivity contribution in [1.29, 1.82) is 0 Å². The summed E-state index contributed by atoms with van der Waals surface area (Å²) in [5.41, 5.74) is 0. The summed E-state index contributed by atoms with van der Waals surface area (Å²) in [5.74, 6) is 0.167. The van der Waals surface area contributed by atoms with E-state index in [-0.39, 0.29) is 23.1 Å². The third-order valence-electron chi connectivity index (χ3n) is 0. The summed E-state index contributed by atoms with van der Waals surface area (Å²) in [6.45, 7) is 3.06. The Hall–Kier alpha value is 0.202. The predicted octanol–water partition coefficient (Wildman–Crippen LogP) is 0.593. The van der Waals surface area contributed by atoms with Crippen LogP contribution in [0.3, 0.4) is 0 Å². The van der Waals surface area contributed by atoms with Gasteiger partial charge in [0.15, 0.2) is 0 Å². The van der Waals surface area contributed by atoms with E-state index in [0.29, 0.717) is 0 Å². The van der Waals surface area contributed by atoms with Gasteiger partial charge in [-0.3, -0.25) is 0 Å². The molecule has 0 aromatic carbocycles. The van der Waals surface area contributed by atoms with Crippen LogP contribution in [0, 0.1) is 0 Å². The van der Waals surface area contributed by atoms with Gasteiger partial charge in [0.2, 0.25) is 0 Å². The molecule has 0 N–H and O–H groups in total. The van der Waals surface area contributed by atoms with Crippen molar-refractivity contribution in [3.63, 3.8) is 0 Å². The second-order valence-corrected chi connectivity index (χ2v) is 0.908. The molecule has 0 aromatic rings. The van der Waals surface area contributed by atoms with Crippen LogP contribution < -0.4 is 0 Å². The average molecular weight is 110 g/mol. The molecule has 0 aromatic heterocycles. The minimum absolute atomic E-state index is 0. The molecule has 0 amide bonds. The fourth-order valence-corrected chi connectivity index (χ4v) is 0. The molecular formula is C3H6CrO. The standard InChI is InChI=1S/C3H6O.Cr/c1-3(2)4;/h1-2H3;. The van der Waals surface area contributed by atoms with E-state index >= 15 is 0 Å². The van der Waals surface area contributed by atoms with Crippen molar-refractivity contribution in [2.75, 3.05) is 0 Å². The molecule has 1 nitrogen and oxygen atoms in total. The maximum atomic E-state index is 9.44. The van der Waals surface area contributed by atoms with Gasteiger partial charge in [0, 0.05) is 17.4 Å². The van der Waals surface area contributed by atoms with Crippen molar-refractivity contribution in [2.24, 2.45) is 0 Å². The molecule has 0 saturated carbocycles. The monoisotopic (exact) mass is 110 g/mol. The molecule has 0 atom stereocenters. The Labute approximate surface area is 42.5 Å². The number of carbonyl (C=O) groups is 1. The molecule has 0 unspecified atom stereocenters. The summed E-state index contributed by atoms with van der Waals surface area (Å²) >= 11 is 0. The average Bonchev–Trinajstić information content (AvgIpc) is 0.811. The topological polar surface area (TPSA) is 17.1 Å². The Morgan fingerprint density at radius 2 is 1.40 bits per heavy atom. The summed E-state index contributed by atoms with van der Waals surface area (Å²) in [6.07, 6.45) is 0. The van der Waals surface area contributed by atoms with Crippen molar-refractivity contribution < 1.29 is 22.2 Å². The third-order valence-corrected chi connectivity index (χ3v) is 0. The van der Waals surface area contributed by atoms with Crippen LogP contribution >= 0.6 is 0 Å². The summed E-state index contributed by atoms with van der Waals surface area (Å²) in [4.78, 5) is 9.44. The van der Waals surface area contributed by atoms with E-state index in [4.69, 9.17) is 0 Å². The van der Waals surface area contributed by atoms with E-state index < -0.39 is 0 Å². The number of rotatable bonds is 0. The maximum Gasteiger partial charge on any atom is 0.126 e. The predicted molar refractivity (Wildman–Crippen MR) is 16.4 cm³/mol. The number of hydrogen-bond donors (Lipinski definition) is 0. The third kappa shape index (κ3) is 497. The molecule has 0 aliphatic heterocycles. The summed E-state index contributed by atoms with van der Waals surface area (Å²) in [7, 11) is 0. The normalized spacial score (nSPS) is 5.20. The van der Waals surface area contributed by atoms with Gasteiger partial charge in [-0.2, -0.15) is 0 Å². The summed E-state index contributed by atoms with van der Waals surface area (Å²) < 4.78 is 0.